The van der Waals surface area contributed by atoms with Crippen molar-refractivity contribution in [1.82, 2.24) is 4.98 Å². The Bertz CT molecular complexity index is 592. The monoisotopic (exact) mass is 242 g/mol. The van der Waals surface area contributed by atoms with Crippen LogP contribution in [0.25, 0.3) is 10.9 Å². The SMILES string of the molecule is CC1Cc2cc3cc(OC(C)C)ccc3nc2N1. The molecule has 1 unspecified atom stereocenters. The normalized spacial score (nSPS) is 17.9. The molecule has 3 rings (SSSR count). The Morgan fingerprint density at radius 2 is 2.17 bits per heavy atom. The van der Waals surface area contributed by atoms with Crippen molar-refractivity contribution in [2.45, 2.75) is 39.3 Å². The van der Waals surface area contributed by atoms with Crippen LogP contribution < -0.4 is 10.1 Å². The first-order valence-corrected chi connectivity index (χ1v) is 6.48. The summed E-state index contributed by atoms with van der Waals surface area (Å²) in [6, 6.07) is 8.79. The maximum Gasteiger partial charge on any atom is 0.130 e. The molecule has 18 heavy (non-hydrogen) atoms. The molecule has 1 N–H and O–H groups in total. The molecule has 1 atom stereocenters. The van der Waals surface area contributed by atoms with E-state index >= 15 is 0 Å². The number of rotatable bonds is 2. The van der Waals surface area contributed by atoms with Crippen LogP contribution in [0.15, 0.2) is 24.3 Å². The topological polar surface area (TPSA) is 34.1 Å². The van der Waals surface area contributed by atoms with Gasteiger partial charge in [0.25, 0.3) is 0 Å². The molecule has 2 heterocycles. The van der Waals surface area contributed by atoms with Gasteiger partial charge in [0.05, 0.1) is 11.6 Å². The predicted octanol–water partition coefficient (Wildman–Crippen LogP) is 3.38. The van der Waals surface area contributed by atoms with Gasteiger partial charge < -0.3 is 10.1 Å². The molecular weight excluding hydrogens is 224 g/mol. The molecule has 0 radical (unpaired) electrons. The van der Waals surface area contributed by atoms with Crippen molar-refractivity contribution in [2.75, 3.05) is 5.32 Å². The van der Waals surface area contributed by atoms with E-state index in [2.05, 4.69) is 29.4 Å². The van der Waals surface area contributed by atoms with Gasteiger partial charge in [0.1, 0.15) is 11.6 Å². The number of anilines is 1. The Morgan fingerprint density at radius 3 is 2.94 bits per heavy atom. The zero-order valence-electron chi connectivity index (χ0n) is 11.0. The van der Waals surface area contributed by atoms with E-state index in [4.69, 9.17) is 4.74 Å². The highest BCUT2D eigenvalue weighted by Gasteiger charge is 2.18. The van der Waals surface area contributed by atoms with Gasteiger partial charge in [-0.25, -0.2) is 4.98 Å². The van der Waals surface area contributed by atoms with Gasteiger partial charge >= 0.3 is 0 Å². The zero-order valence-corrected chi connectivity index (χ0v) is 11.0. The summed E-state index contributed by atoms with van der Waals surface area (Å²) in [5.41, 5.74) is 2.32. The van der Waals surface area contributed by atoms with Crippen LogP contribution in [-0.2, 0) is 6.42 Å². The van der Waals surface area contributed by atoms with Gasteiger partial charge in [-0.15, -0.1) is 0 Å². The lowest BCUT2D eigenvalue weighted by atomic mass is 10.1. The maximum absolute atomic E-state index is 5.72. The number of benzene rings is 1. The third-order valence-electron chi connectivity index (χ3n) is 3.15. The number of nitrogens with one attached hydrogen (secondary N) is 1. The van der Waals surface area contributed by atoms with E-state index in [0.29, 0.717) is 6.04 Å². The zero-order chi connectivity index (χ0) is 12.7. The number of aromatic nitrogens is 1. The predicted molar refractivity (Wildman–Crippen MR) is 74.3 cm³/mol. The van der Waals surface area contributed by atoms with Crippen LogP contribution in [0, 0.1) is 0 Å². The van der Waals surface area contributed by atoms with Crippen LogP contribution in [-0.4, -0.2) is 17.1 Å². The second-order valence-electron chi connectivity index (χ2n) is 5.27. The van der Waals surface area contributed by atoms with Gasteiger partial charge in [-0.1, -0.05) is 0 Å². The molecule has 1 aliphatic heterocycles. The van der Waals surface area contributed by atoms with Crippen LogP contribution >= 0.6 is 0 Å². The maximum atomic E-state index is 5.72. The second kappa shape index (κ2) is 4.16. The van der Waals surface area contributed by atoms with E-state index in [-0.39, 0.29) is 6.10 Å². The van der Waals surface area contributed by atoms with E-state index in [9.17, 15) is 0 Å². The Morgan fingerprint density at radius 1 is 1.33 bits per heavy atom. The molecule has 3 heteroatoms. The number of pyridine rings is 1. The summed E-state index contributed by atoms with van der Waals surface area (Å²) >= 11 is 0. The highest BCUT2D eigenvalue weighted by molar-refractivity contribution is 5.83. The van der Waals surface area contributed by atoms with E-state index in [1.807, 2.05) is 26.0 Å². The fourth-order valence-corrected chi connectivity index (χ4v) is 2.44. The van der Waals surface area contributed by atoms with Crippen LogP contribution in [0.5, 0.6) is 5.75 Å². The third-order valence-corrected chi connectivity index (χ3v) is 3.15. The average molecular weight is 242 g/mol. The quantitative estimate of drug-likeness (QED) is 0.876. The molecule has 0 fully saturated rings. The summed E-state index contributed by atoms with van der Waals surface area (Å²) in [5, 5.41) is 4.55. The molecule has 0 bridgehead atoms. The van der Waals surface area contributed by atoms with Gasteiger partial charge in [-0.2, -0.15) is 0 Å². The lowest BCUT2D eigenvalue weighted by Crippen LogP contribution is -2.08. The molecule has 1 aliphatic rings. The number of nitrogens with zero attached hydrogens (tertiary/aromatic N) is 1. The van der Waals surface area contributed by atoms with E-state index < -0.39 is 0 Å². The number of hydrogen-bond donors (Lipinski definition) is 1. The van der Waals surface area contributed by atoms with Gasteiger partial charge in [-0.3, -0.25) is 0 Å². The average Bonchev–Trinajstić information content (AvgIpc) is 2.64. The minimum Gasteiger partial charge on any atom is -0.491 e. The minimum absolute atomic E-state index is 0.200. The summed E-state index contributed by atoms with van der Waals surface area (Å²) in [4.78, 5) is 4.66. The number of hydrogen-bond acceptors (Lipinski definition) is 3. The number of fused-ring (bicyclic) bond motifs is 2. The summed E-state index contributed by atoms with van der Waals surface area (Å²) in [6.07, 6.45) is 1.25. The smallest absolute Gasteiger partial charge is 0.130 e. The Labute approximate surface area is 107 Å². The molecule has 0 amide bonds. The summed E-state index contributed by atoms with van der Waals surface area (Å²) in [6.45, 7) is 6.26. The molecule has 0 spiro atoms. The van der Waals surface area contributed by atoms with Crippen LogP contribution in [0.2, 0.25) is 0 Å². The largest absolute Gasteiger partial charge is 0.491 e. The standard InChI is InChI=1S/C15H18N2O/c1-9(2)18-13-4-5-14-11(8-13)7-12-6-10(3)16-15(12)17-14/h4-5,7-10H,6H2,1-3H3,(H,16,17). The lowest BCUT2D eigenvalue weighted by Gasteiger charge is -2.10. The minimum atomic E-state index is 0.200. The Kier molecular flexibility index (Phi) is 2.62. The summed E-state index contributed by atoms with van der Waals surface area (Å²) in [5.74, 6) is 1.95. The first-order chi connectivity index (χ1) is 8.61. The van der Waals surface area contributed by atoms with E-state index in [1.54, 1.807) is 0 Å². The molecular formula is C15H18N2O. The van der Waals surface area contributed by atoms with E-state index in [1.165, 1.54) is 5.56 Å². The van der Waals surface area contributed by atoms with E-state index in [0.717, 1.165) is 28.9 Å². The lowest BCUT2D eigenvalue weighted by molar-refractivity contribution is 0.243. The van der Waals surface area contributed by atoms with Crippen molar-refractivity contribution < 1.29 is 4.74 Å². The van der Waals surface area contributed by atoms with Crippen LogP contribution in [0.3, 0.4) is 0 Å². The molecule has 0 aliphatic carbocycles. The molecule has 3 nitrogen and oxygen atoms in total. The van der Waals surface area contributed by atoms with Crippen molar-refractivity contribution in [3.05, 3.63) is 29.8 Å². The highest BCUT2D eigenvalue weighted by Crippen LogP contribution is 2.29. The van der Waals surface area contributed by atoms with Crippen LogP contribution in [0.4, 0.5) is 5.82 Å². The van der Waals surface area contributed by atoms with Gasteiger partial charge in [0.2, 0.25) is 0 Å². The molecule has 0 saturated heterocycles. The first-order valence-electron chi connectivity index (χ1n) is 6.48. The summed E-state index contributed by atoms with van der Waals surface area (Å²) < 4.78 is 5.72. The fourth-order valence-electron chi connectivity index (χ4n) is 2.44. The molecule has 1 aromatic carbocycles. The van der Waals surface area contributed by atoms with Crippen molar-refractivity contribution in [3.8, 4) is 5.75 Å². The Balaban J connectivity index is 2.04. The highest BCUT2D eigenvalue weighted by atomic mass is 16.5. The number of ether oxygens (including phenoxy) is 1. The van der Waals surface area contributed by atoms with Gasteiger partial charge in [0, 0.05) is 11.4 Å². The first kappa shape index (κ1) is 11.3. The summed E-state index contributed by atoms with van der Waals surface area (Å²) in [7, 11) is 0. The molecule has 2 aromatic rings. The van der Waals surface area contributed by atoms with Crippen molar-refractivity contribution >= 4 is 16.7 Å². The third kappa shape index (κ3) is 2.01. The van der Waals surface area contributed by atoms with Crippen LogP contribution in [0.1, 0.15) is 26.3 Å². The molecule has 0 saturated carbocycles. The second-order valence-corrected chi connectivity index (χ2v) is 5.27. The van der Waals surface area contributed by atoms with Gasteiger partial charge in [-0.05, 0) is 57.0 Å². The Hall–Kier alpha value is -1.77. The molecule has 1 aromatic heterocycles. The van der Waals surface area contributed by atoms with Crippen molar-refractivity contribution in [2.24, 2.45) is 0 Å². The van der Waals surface area contributed by atoms with Crippen molar-refractivity contribution in [3.63, 3.8) is 0 Å². The van der Waals surface area contributed by atoms with Crippen molar-refractivity contribution in [1.29, 1.82) is 0 Å². The fraction of sp³-hybridized carbons (Fsp3) is 0.400. The van der Waals surface area contributed by atoms with Gasteiger partial charge in [0.15, 0.2) is 0 Å². The molecule has 94 valence electrons.